The van der Waals surface area contributed by atoms with Gasteiger partial charge in [0.25, 0.3) is 0 Å². The lowest BCUT2D eigenvalue weighted by atomic mass is 10.1. The Morgan fingerprint density at radius 2 is 1.90 bits per heavy atom. The second kappa shape index (κ2) is 8.91. The van der Waals surface area contributed by atoms with Crippen molar-refractivity contribution in [1.29, 1.82) is 0 Å². The van der Waals surface area contributed by atoms with Gasteiger partial charge in [-0.15, -0.1) is 0 Å². The summed E-state index contributed by atoms with van der Waals surface area (Å²) in [5, 5.41) is 17.3. The van der Waals surface area contributed by atoms with Gasteiger partial charge in [-0.1, -0.05) is 41.4 Å². The molecular weight excluding hydrogens is 416 g/mol. The molecule has 8 heteroatoms. The van der Waals surface area contributed by atoms with E-state index in [4.69, 9.17) is 11.6 Å². The van der Waals surface area contributed by atoms with E-state index in [9.17, 15) is 14.7 Å². The Balaban J connectivity index is 1.52. The van der Waals surface area contributed by atoms with E-state index in [0.29, 0.717) is 29.5 Å². The maximum atomic E-state index is 12.9. The number of hydrogen-bond acceptors (Lipinski definition) is 4. The molecule has 1 aliphatic heterocycles. The predicted octanol–water partition coefficient (Wildman–Crippen LogP) is 3.50. The number of aliphatic hydroxyl groups is 1. The molecule has 0 spiro atoms. The van der Waals surface area contributed by atoms with Crippen molar-refractivity contribution >= 4 is 34.9 Å². The first kappa shape index (κ1) is 21.1. The van der Waals surface area contributed by atoms with Gasteiger partial charge in [0.15, 0.2) is 0 Å². The standard InChI is InChI=1S/C23H23ClN4O3/c1-15-2-8-18(9-3-15)27-11-10-19(23(27)31)22(30)25-21-14-20(26-28(21)12-13-29)16-4-6-17(24)7-5-16/h2-9,14,19,29H,10-13H2,1H3,(H,25,30). The number of nitrogens with one attached hydrogen (secondary N) is 1. The molecule has 1 aliphatic rings. The summed E-state index contributed by atoms with van der Waals surface area (Å²) < 4.78 is 1.53. The van der Waals surface area contributed by atoms with Gasteiger partial charge in [-0.25, -0.2) is 4.68 Å². The van der Waals surface area contributed by atoms with Crippen molar-refractivity contribution in [3.8, 4) is 11.3 Å². The fraction of sp³-hybridized carbons (Fsp3) is 0.261. The number of amides is 2. The normalized spacial score (nSPS) is 16.0. The van der Waals surface area contributed by atoms with Gasteiger partial charge in [0.2, 0.25) is 11.8 Å². The van der Waals surface area contributed by atoms with E-state index in [1.807, 2.05) is 43.3 Å². The molecule has 1 saturated heterocycles. The summed E-state index contributed by atoms with van der Waals surface area (Å²) in [4.78, 5) is 27.5. The van der Waals surface area contributed by atoms with Crippen LogP contribution in [0.25, 0.3) is 11.3 Å². The molecule has 2 aromatic carbocycles. The Labute approximate surface area is 185 Å². The smallest absolute Gasteiger partial charge is 0.239 e. The number of carbonyl (C=O) groups excluding carboxylic acids is 2. The van der Waals surface area contributed by atoms with Crippen molar-refractivity contribution in [3.63, 3.8) is 0 Å². The summed E-state index contributed by atoms with van der Waals surface area (Å²) in [5.74, 6) is -0.919. The summed E-state index contributed by atoms with van der Waals surface area (Å²) in [5.41, 5.74) is 3.37. The van der Waals surface area contributed by atoms with Crippen LogP contribution in [-0.2, 0) is 16.1 Å². The van der Waals surface area contributed by atoms with Crippen molar-refractivity contribution in [1.82, 2.24) is 9.78 Å². The molecule has 7 nitrogen and oxygen atoms in total. The fourth-order valence-electron chi connectivity index (χ4n) is 3.66. The zero-order chi connectivity index (χ0) is 22.0. The molecule has 1 aromatic heterocycles. The fourth-order valence-corrected chi connectivity index (χ4v) is 3.79. The highest BCUT2D eigenvalue weighted by molar-refractivity contribution is 6.30. The lowest BCUT2D eigenvalue weighted by Crippen LogP contribution is -2.33. The van der Waals surface area contributed by atoms with Gasteiger partial charge in [0, 0.05) is 28.9 Å². The highest BCUT2D eigenvalue weighted by atomic mass is 35.5. The van der Waals surface area contributed by atoms with E-state index >= 15 is 0 Å². The minimum Gasteiger partial charge on any atom is -0.394 e. The molecule has 1 unspecified atom stereocenters. The number of anilines is 2. The van der Waals surface area contributed by atoms with Crippen LogP contribution >= 0.6 is 11.6 Å². The topological polar surface area (TPSA) is 87.5 Å². The van der Waals surface area contributed by atoms with Crippen LogP contribution in [0.5, 0.6) is 0 Å². The Hall–Kier alpha value is -3.16. The van der Waals surface area contributed by atoms with Crippen LogP contribution in [0.3, 0.4) is 0 Å². The van der Waals surface area contributed by atoms with Gasteiger partial charge < -0.3 is 15.3 Å². The molecule has 1 atom stereocenters. The van der Waals surface area contributed by atoms with E-state index in [1.165, 1.54) is 4.68 Å². The molecule has 0 radical (unpaired) electrons. The molecule has 2 amide bonds. The van der Waals surface area contributed by atoms with Crippen LogP contribution in [0.4, 0.5) is 11.5 Å². The van der Waals surface area contributed by atoms with Gasteiger partial charge in [0.05, 0.1) is 18.8 Å². The first-order valence-corrected chi connectivity index (χ1v) is 10.5. The average Bonchev–Trinajstić information content (AvgIpc) is 3.33. The number of rotatable bonds is 6. The highest BCUT2D eigenvalue weighted by Crippen LogP contribution is 2.28. The number of nitrogens with zero attached hydrogens (tertiary/aromatic N) is 3. The summed E-state index contributed by atoms with van der Waals surface area (Å²) in [7, 11) is 0. The number of halogens is 1. The largest absolute Gasteiger partial charge is 0.394 e. The molecule has 31 heavy (non-hydrogen) atoms. The van der Waals surface area contributed by atoms with Gasteiger partial charge >= 0.3 is 0 Å². The third-order valence-electron chi connectivity index (χ3n) is 5.35. The quantitative estimate of drug-likeness (QED) is 0.576. The third-order valence-corrected chi connectivity index (χ3v) is 5.60. The van der Waals surface area contributed by atoms with E-state index in [2.05, 4.69) is 10.4 Å². The number of carbonyl (C=O) groups is 2. The van der Waals surface area contributed by atoms with Gasteiger partial charge in [-0.2, -0.15) is 5.10 Å². The van der Waals surface area contributed by atoms with Crippen LogP contribution in [0, 0.1) is 12.8 Å². The third kappa shape index (κ3) is 4.47. The van der Waals surface area contributed by atoms with Gasteiger partial charge in [0.1, 0.15) is 11.7 Å². The monoisotopic (exact) mass is 438 g/mol. The first-order valence-electron chi connectivity index (χ1n) is 10.1. The highest BCUT2D eigenvalue weighted by Gasteiger charge is 2.38. The molecule has 2 N–H and O–H groups in total. The minimum atomic E-state index is -0.766. The summed E-state index contributed by atoms with van der Waals surface area (Å²) in [6.07, 6.45) is 0.441. The van der Waals surface area contributed by atoms with Gasteiger partial charge in [-0.05, 0) is 37.6 Å². The maximum Gasteiger partial charge on any atom is 0.239 e. The number of aromatic nitrogens is 2. The Morgan fingerprint density at radius 3 is 2.58 bits per heavy atom. The van der Waals surface area contributed by atoms with E-state index in [0.717, 1.165) is 16.8 Å². The van der Waals surface area contributed by atoms with Crippen LogP contribution < -0.4 is 10.2 Å². The average molecular weight is 439 g/mol. The molecule has 4 rings (SSSR count). The molecule has 0 saturated carbocycles. The number of aryl methyl sites for hydroxylation is 1. The minimum absolute atomic E-state index is 0.131. The summed E-state index contributed by atoms with van der Waals surface area (Å²) >= 11 is 5.95. The summed E-state index contributed by atoms with van der Waals surface area (Å²) in [6.45, 7) is 2.57. The van der Waals surface area contributed by atoms with Crippen molar-refractivity contribution in [3.05, 3.63) is 65.2 Å². The second-order valence-corrected chi connectivity index (χ2v) is 7.96. The Kier molecular flexibility index (Phi) is 6.06. The van der Waals surface area contributed by atoms with Crippen LogP contribution in [0.2, 0.25) is 5.02 Å². The molecule has 0 bridgehead atoms. The zero-order valence-corrected chi connectivity index (χ0v) is 17.8. The molecule has 2 heterocycles. The van der Waals surface area contributed by atoms with Crippen LogP contribution in [-0.4, -0.2) is 39.9 Å². The van der Waals surface area contributed by atoms with Crippen LogP contribution in [0.15, 0.2) is 54.6 Å². The molecular formula is C23H23ClN4O3. The lowest BCUT2D eigenvalue weighted by molar-refractivity contribution is -0.129. The second-order valence-electron chi connectivity index (χ2n) is 7.52. The number of aliphatic hydroxyl groups excluding tert-OH is 1. The molecule has 0 aliphatic carbocycles. The molecule has 160 valence electrons. The lowest BCUT2D eigenvalue weighted by Gasteiger charge is -2.17. The molecule has 3 aromatic rings. The number of benzene rings is 2. The first-order chi connectivity index (χ1) is 15.0. The Bertz CT molecular complexity index is 1090. The van der Waals surface area contributed by atoms with E-state index < -0.39 is 5.92 Å². The van der Waals surface area contributed by atoms with E-state index in [-0.39, 0.29) is 25.0 Å². The van der Waals surface area contributed by atoms with Crippen molar-refractivity contribution in [2.75, 3.05) is 23.4 Å². The zero-order valence-electron chi connectivity index (χ0n) is 17.1. The molecule has 1 fully saturated rings. The SMILES string of the molecule is Cc1ccc(N2CCC(C(=O)Nc3cc(-c4ccc(Cl)cc4)nn3CCO)C2=O)cc1. The van der Waals surface area contributed by atoms with Crippen LogP contribution in [0.1, 0.15) is 12.0 Å². The van der Waals surface area contributed by atoms with Gasteiger partial charge in [-0.3, -0.25) is 9.59 Å². The van der Waals surface area contributed by atoms with Crippen molar-refractivity contribution < 1.29 is 14.7 Å². The van der Waals surface area contributed by atoms with E-state index in [1.54, 1.807) is 23.1 Å². The predicted molar refractivity (Wildman–Crippen MR) is 120 cm³/mol. The number of hydrogen-bond donors (Lipinski definition) is 2. The maximum absolute atomic E-state index is 12.9. The Morgan fingerprint density at radius 1 is 1.19 bits per heavy atom. The summed E-state index contributed by atoms with van der Waals surface area (Å²) in [6, 6.07) is 16.6. The van der Waals surface area contributed by atoms with Crippen molar-refractivity contribution in [2.45, 2.75) is 19.9 Å². The van der Waals surface area contributed by atoms with Crippen molar-refractivity contribution in [2.24, 2.45) is 5.92 Å².